The Hall–Kier alpha value is -1.97. The Morgan fingerprint density at radius 2 is 1.56 bits per heavy atom. The first-order chi connectivity index (χ1) is 7.72. The molecule has 0 atom stereocenters. The molecule has 0 heterocycles. The van der Waals surface area contributed by atoms with Crippen LogP contribution in [0.1, 0.15) is 15.9 Å². The number of rotatable bonds is 3. The largest absolute Gasteiger partial charge is 0.388 e. The third-order valence-corrected chi connectivity index (χ3v) is 2.81. The molecule has 1 aliphatic rings. The number of carbonyl (C=O) groups excluding carboxylic acids is 1. The summed E-state index contributed by atoms with van der Waals surface area (Å²) in [5.41, 5.74) is 4.14. The van der Waals surface area contributed by atoms with Gasteiger partial charge in [0.05, 0.1) is 11.3 Å². The van der Waals surface area contributed by atoms with Gasteiger partial charge in [-0.3, -0.25) is 4.79 Å². The lowest BCUT2D eigenvalue weighted by Gasteiger charge is -2.10. The van der Waals surface area contributed by atoms with Gasteiger partial charge in [0.15, 0.2) is 0 Å². The standard InChI is InChI=1S/C12H15N3O/c1-13-8-4-5-9(14-2)11-7(8)6-10(15-3)12(11)16/h4-6,13-14H,1-3H3,(H,15,16). The van der Waals surface area contributed by atoms with Crippen molar-refractivity contribution in [2.24, 2.45) is 0 Å². The molecule has 1 aliphatic carbocycles. The topological polar surface area (TPSA) is 53.2 Å². The molecule has 1 aromatic rings. The average Bonchev–Trinajstić information content (AvgIpc) is 2.66. The molecule has 0 aliphatic heterocycles. The van der Waals surface area contributed by atoms with Crippen LogP contribution in [0.25, 0.3) is 6.08 Å². The third-order valence-electron chi connectivity index (χ3n) is 2.81. The van der Waals surface area contributed by atoms with Gasteiger partial charge in [0, 0.05) is 38.1 Å². The maximum atomic E-state index is 12.1. The molecular weight excluding hydrogens is 202 g/mol. The van der Waals surface area contributed by atoms with Crippen molar-refractivity contribution in [1.82, 2.24) is 5.32 Å². The summed E-state index contributed by atoms with van der Waals surface area (Å²) < 4.78 is 0. The first-order valence-corrected chi connectivity index (χ1v) is 5.19. The number of ketones is 1. The second-order valence-electron chi connectivity index (χ2n) is 3.59. The van der Waals surface area contributed by atoms with Crippen LogP contribution in [0, 0.1) is 0 Å². The smallest absolute Gasteiger partial charge is 0.211 e. The minimum atomic E-state index is 0.0407. The van der Waals surface area contributed by atoms with Crippen molar-refractivity contribution >= 4 is 23.2 Å². The number of Topliss-reactive ketones (excluding diaryl/α,β-unsaturated/α-hetero) is 1. The van der Waals surface area contributed by atoms with Crippen LogP contribution in [-0.2, 0) is 0 Å². The van der Waals surface area contributed by atoms with Crippen molar-refractivity contribution in [3.63, 3.8) is 0 Å². The number of benzene rings is 1. The zero-order valence-corrected chi connectivity index (χ0v) is 9.64. The number of carbonyl (C=O) groups is 1. The van der Waals surface area contributed by atoms with Gasteiger partial charge in [-0.25, -0.2) is 0 Å². The highest BCUT2D eigenvalue weighted by atomic mass is 16.1. The van der Waals surface area contributed by atoms with E-state index in [1.807, 2.05) is 32.3 Å². The molecule has 0 amide bonds. The Morgan fingerprint density at radius 3 is 2.12 bits per heavy atom. The van der Waals surface area contributed by atoms with Crippen LogP contribution in [0.4, 0.5) is 11.4 Å². The Bertz CT molecular complexity index is 477. The highest BCUT2D eigenvalue weighted by Gasteiger charge is 2.26. The van der Waals surface area contributed by atoms with Gasteiger partial charge in [0.1, 0.15) is 0 Å². The Morgan fingerprint density at radius 1 is 0.938 bits per heavy atom. The molecule has 2 rings (SSSR count). The lowest BCUT2D eigenvalue weighted by Crippen LogP contribution is -2.13. The summed E-state index contributed by atoms with van der Waals surface area (Å²) in [6, 6.07) is 3.88. The number of allylic oxidation sites excluding steroid dienone is 1. The lowest BCUT2D eigenvalue weighted by molar-refractivity contribution is 0.103. The van der Waals surface area contributed by atoms with Crippen molar-refractivity contribution in [3.8, 4) is 0 Å². The van der Waals surface area contributed by atoms with Gasteiger partial charge in [-0.2, -0.15) is 0 Å². The lowest BCUT2D eigenvalue weighted by atomic mass is 10.0. The van der Waals surface area contributed by atoms with Crippen LogP contribution in [0.15, 0.2) is 17.8 Å². The fraction of sp³-hybridized carbons (Fsp3) is 0.250. The monoisotopic (exact) mass is 217 g/mol. The summed E-state index contributed by atoms with van der Waals surface area (Å²) in [5, 5.41) is 9.05. The summed E-state index contributed by atoms with van der Waals surface area (Å²) in [6.45, 7) is 0. The van der Waals surface area contributed by atoms with E-state index in [9.17, 15) is 4.79 Å². The molecule has 0 radical (unpaired) electrons. The number of anilines is 2. The van der Waals surface area contributed by atoms with Gasteiger partial charge < -0.3 is 16.0 Å². The fourth-order valence-electron chi connectivity index (χ4n) is 1.97. The van der Waals surface area contributed by atoms with Gasteiger partial charge in [-0.1, -0.05) is 0 Å². The Balaban J connectivity index is 2.64. The van der Waals surface area contributed by atoms with Gasteiger partial charge in [-0.05, 0) is 18.2 Å². The predicted octanol–water partition coefficient (Wildman–Crippen LogP) is 1.53. The van der Waals surface area contributed by atoms with Crippen LogP contribution in [0.2, 0.25) is 0 Å². The first-order valence-electron chi connectivity index (χ1n) is 5.19. The van der Waals surface area contributed by atoms with E-state index in [2.05, 4.69) is 16.0 Å². The van der Waals surface area contributed by atoms with Gasteiger partial charge in [0.25, 0.3) is 0 Å². The van der Waals surface area contributed by atoms with Crippen molar-refractivity contribution in [2.75, 3.05) is 31.8 Å². The number of hydrogen-bond acceptors (Lipinski definition) is 4. The molecule has 16 heavy (non-hydrogen) atoms. The molecule has 4 heteroatoms. The normalized spacial score (nSPS) is 13.2. The fourth-order valence-corrected chi connectivity index (χ4v) is 1.97. The third kappa shape index (κ3) is 1.34. The SMILES string of the molecule is CNC1=Cc2c(NC)ccc(NC)c2C1=O. The van der Waals surface area contributed by atoms with E-state index in [1.165, 1.54) is 0 Å². The zero-order chi connectivity index (χ0) is 11.7. The molecule has 0 saturated carbocycles. The van der Waals surface area contributed by atoms with Crippen LogP contribution in [-0.4, -0.2) is 26.9 Å². The van der Waals surface area contributed by atoms with Crippen molar-refractivity contribution in [2.45, 2.75) is 0 Å². The number of fused-ring (bicyclic) bond motifs is 1. The molecular formula is C12H15N3O. The second-order valence-corrected chi connectivity index (χ2v) is 3.59. The van der Waals surface area contributed by atoms with Gasteiger partial charge >= 0.3 is 0 Å². The highest BCUT2D eigenvalue weighted by Crippen LogP contribution is 2.34. The van der Waals surface area contributed by atoms with E-state index in [-0.39, 0.29) is 5.78 Å². The van der Waals surface area contributed by atoms with Crippen LogP contribution < -0.4 is 16.0 Å². The number of likely N-dealkylation sites (N-methyl/N-ethyl adjacent to an activating group) is 1. The molecule has 0 saturated heterocycles. The summed E-state index contributed by atoms with van der Waals surface area (Å²) in [4.78, 5) is 12.1. The van der Waals surface area contributed by atoms with Crippen LogP contribution in [0.5, 0.6) is 0 Å². The van der Waals surface area contributed by atoms with Crippen LogP contribution >= 0.6 is 0 Å². The first kappa shape index (κ1) is 10.5. The summed E-state index contributed by atoms with van der Waals surface area (Å²) in [5.74, 6) is 0.0407. The van der Waals surface area contributed by atoms with E-state index >= 15 is 0 Å². The molecule has 1 aromatic carbocycles. The molecule has 84 valence electrons. The van der Waals surface area contributed by atoms with E-state index in [1.54, 1.807) is 7.05 Å². The molecule has 0 spiro atoms. The van der Waals surface area contributed by atoms with E-state index in [0.717, 1.165) is 22.5 Å². The molecule has 0 fully saturated rings. The Kier molecular flexibility index (Phi) is 2.56. The molecule has 0 unspecified atom stereocenters. The van der Waals surface area contributed by atoms with Gasteiger partial charge in [0.2, 0.25) is 5.78 Å². The Labute approximate surface area is 94.7 Å². The number of hydrogen-bond donors (Lipinski definition) is 3. The number of nitrogens with one attached hydrogen (secondary N) is 3. The summed E-state index contributed by atoms with van der Waals surface area (Å²) in [7, 11) is 5.43. The summed E-state index contributed by atoms with van der Waals surface area (Å²) in [6.07, 6.45) is 1.88. The quantitative estimate of drug-likeness (QED) is 0.718. The second kappa shape index (κ2) is 3.89. The van der Waals surface area contributed by atoms with E-state index in [0.29, 0.717) is 5.70 Å². The molecule has 0 aromatic heterocycles. The predicted molar refractivity (Wildman–Crippen MR) is 66.9 cm³/mol. The minimum Gasteiger partial charge on any atom is -0.388 e. The maximum absolute atomic E-state index is 12.1. The molecule has 4 nitrogen and oxygen atoms in total. The van der Waals surface area contributed by atoms with Crippen molar-refractivity contribution in [1.29, 1.82) is 0 Å². The minimum absolute atomic E-state index is 0.0407. The molecule has 0 bridgehead atoms. The maximum Gasteiger partial charge on any atom is 0.211 e. The highest BCUT2D eigenvalue weighted by molar-refractivity contribution is 6.21. The summed E-state index contributed by atoms with van der Waals surface area (Å²) >= 11 is 0. The van der Waals surface area contributed by atoms with Crippen molar-refractivity contribution in [3.05, 3.63) is 29.0 Å². The van der Waals surface area contributed by atoms with Gasteiger partial charge in [-0.15, -0.1) is 0 Å². The van der Waals surface area contributed by atoms with Crippen LogP contribution in [0.3, 0.4) is 0 Å². The zero-order valence-electron chi connectivity index (χ0n) is 9.64. The van der Waals surface area contributed by atoms with E-state index < -0.39 is 0 Å². The molecule has 3 N–H and O–H groups in total. The van der Waals surface area contributed by atoms with E-state index in [4.69, 9.17) is 0 Å². The average molecular weight is 217 g/mol. The van der Waals surface area contributed by atoms with Crippen molar-refractivity contribution < 1.29 is 4.79 Å².